The summed E-state index contributed by atoms with van der Waals surface area (Å²) in [5.74, 6) is 1.21. The maximum Gasteiger partial charge on any atom is 0.312 e. The van der Waals surface area contributed by atoms with Crippen molar-refractivity contribution < 1.29 is 24.2 Å². The molecule has 0 aromatic rings. The van der Waals surface area contributed by atoms with Gasteiger partial charge in [-0.1, -0.05) is 60.1 Å². The third kappa shape index (κ3) is 4.65. The molecule has 0 saturated heterocycles. The molecule has 4 saturated carbocycles. The molecule has 0 spiro atoms. The fourth-order valence-electron chi connectivity index (χ4n) is 11.5. The molecule has 41 heavy (non-hydrogen) atoms. The Hall–Kier alpha value is -1.36. The van der Waals surface area contributed by atoms with E-state index in [1.807, 2.05) is 0 Å². The Kier molecular flexibility index (Phi) is 7.86. The van der Waals surface area contributed by atoms with Crippen molar-refractivity contribution in [3.8, 4) is 0 Å². The van der Waals surface area contributed by atoms with E-state index in [2.05, 4.69) is 54.5 Å². The van der Waals surface area contributed by atoms with E-state index in [0.29, 0.717) is 24.9 Å². The molecule has 5 rings (SSSR count). The normalized spacial score (nSPS) is 44.3. The van der Waals surface area contributed by atoms with E-state index in [1.54, 1.807) is 12.5 Å². The fourth-order valence-corrected chi connectivity index (χ4v) is 11.5. The smallest absolute Gasteiger partial charge is 0.312 e. The minimum absolute atomic E-state index is 0.00382. The Morgan fingerprint density at radius 3 is 2.29 bits per heavy atom. The van der Waals surface area contributed by atoms with Crippen LogP contribution in [0.15, 0.2) is 11.6 Å². The van der Waals surface area contributed by atoms with Gasteiger partial charge in [0.05, 0.1) is 12.0 Å². The number of aliphatic hydroxyl groups excluding tert-OH is 1. The standard InChI is InChI=1S/C36H58O5/c1-24(38)41-29-14-15-33(6)27(32(29,4)5)13-16-35(8)28(33)12-11-25-26-23-31(2,3)17-19-36(26,20-18-34(25,35)7)30(39)40-22-10-9-21-37/h11,26-29,37H,9-10,12-23H2,1-8H3/t26-,27-,28+,29-,33-,34+,35+,36-/m0/s1. The van der Waals surface area contributed by atoms with Crippen LogP contribution in [0.3, 0.4) is 0 Å². The minimum Gasteiger partial charge on any atom is -0.465 e. The van der Waals surface area contributed by atoms with E-state index in [4.69, 9.17) is 9.47 Å². The molecule has 5 aliphatic rings. The number of esters is 2. The molecule has 5 aliphatic carbocycles. The van der Waals surface area contributed by atoms with Gasteiger partial charge in [0.1, 0.15) is 6.10 Å². The number of carbonyl (C=O) groups excluding carboxylic acids is 2. The molecule has 0 amide bonds. The first-order valence-electron chi connectivity index (χ1n) is 16.7. The monoisotopic (exact) mass is 570 g/mol. The zero-order valence-electron chi connectivity index (χ0n) is 27.4. The number of hydrogen-bond acceptors (Lipinski definition) is 5. The van der Waals surface area contributed by atoms with E-state index in [1.165, 1.54) is 12.8 Å². The molecule has 0 aromatic heterocycles. The van der Waals surface area contributed by atoms with E-state index in [-0.39, 0.29) is 57.6 Å². The maximum absolute atomic E-state index is 13.9. The second-order valence-corrected chi connectivity index (χ2v) is 16.9. The average molecular weight is 571 g/mol. The van der Waals surface area contributed by atoms with Gasteiger partial charge >= 0.3 is 11.9 Å². The van der Waals surface area contributed by atoms with Gasteiger partial charge in [-0.3, -0.25) is 9.59 Å². The lowest BCUT2D eigenvalue weighted by molar-refractivity contribution is -0.213. The third-order valence-corrected chi connectivity index (χ3v) is 14.1. The van der Waals surface area contributed by atoms with Crippen molar-refractivity contribution in [3.05, 3.63) is 11.6 Å². The summed E-state index contributed by atoms with van der Waals surface area (Å²) in [6.45, 7) is 19.3. The van der Waals surface area contributed by atoms with Crippen molar-refractivity contribution in [3.63, 3.8) is 0 Å². The molecule has 1 N–H and O–H groups in total. The second kappa shape index (κ2) is 10.4. The van der Waals surface area contributed by atoms with Crippen LogP contribution in [-0.4, -0.2) is 36.4 Å². The topological polar surface area (TPSA) is 72.8 Å². The summed E-state index contributed by atoms with van der Waals surface area (Å²) in [6.07, 6.45) is 14.5. The summed E-state index contributed by atoms with van der Waals surface area (Å²) in [5.41, 5.74) is 1.77. The van der Waals surface area contributed by atoms with Crippen LogP contribution in [-0.2, 0) is 19.1 Å². The quantitative estimate of drug-likeness (QED) is 0.199. The van der Waals surface area contributed by atoms with Crippen molar-refractivity contribution in [2.45, 2.75) is 139 Å². The summed E-state index contributed by atoms with van der Waals surface area (Å²) in [4.78, 5) is 25.9. The molecule has 0 radical (unpaired) electrons. The highest BCUT2D eigenvalue weighted by Crippen LogP contribution is 2.76. The van der Waals surface area contributed by atoms with E-state index < -0.39 is 5.41 Å². The molecule has 0 aromatic carbocycles. The average Bonchev–Trinajstić information content (AvgIpc) is 2.88. The van der Waals surface area contributed by atoms with Gasteiger partial charge in [-0.25, -0.2) is 0 Å². The van der Waals surface area contributed by atoms with E-state index in [9.17, 15) is 14.7 Å². The molecule has 0 bridgehead atoms. The SMILES string of the molecule is CC(=O)O[C@H]1CC[C@]2(C)[C@H]3CC=C4[C@@H]5CC(C)(C)CC[C@]5(C(=O)OCCCCO)CC[C@@]4(C)[C@]3(C)CC[C@H]2C1(C)C. The Morgan fingerprint density at radius 2 is 1.61 bits per heavy atom. The molecule has 4 fully saturated rings. The Balaban J connectivity index is 1.49. The van der Waals surface area contributed by atoms with Crippen LogP contribution in [0.5, 0.6) is 0 Å². The van der Waals surface area contributed by atoms with Crippen molar-refractivity contribution in [2.24, 2.45) is 50.2 Å². The number of unbranched alkanes of at least 4 members (excludes halogenated alkanes) is 1. The van der Waals surface area contributed by atoms with Crippen LogP contribution in [0.2, 0.25) is 0 Å². The van der Waals surface area contributed by atoms with E-state index >= 15 is 0 Å². The van der Waals surface area contributed by atoms with Crippen LogP contribution in [0.4, 0.5) is 0 Å². The summed E-state index contributed by atoms with van der Waals surface area (Å²) in [7, 11) is 0. The molecular formula is C36H58O5. The van der Waals surface area contributed by atoms with Crippen LogP contribution in [0.1, 0.15) is 132 Å². The Bertz CT molecular complexity index is 1070. The predicted octanol–water partition coefficient (Wildman–Crippen LogP) is 8.04. The highest BCUT2D eigenvalue weighted by atomic mass is 16.5. The first-order chi connectivity index (χ1) is 19.1. The van der Waals surface area contributed by atoms with Gasteiger partial charge in [0.2, 0.25) is 0 Å². The van der Waals surface area contributed by atoms with Gasteiger partial charge in [-0.05, 0) is 116 Å². The van der Waals surface area contributed by atoms with Gasteiger partial charge < -0.3 is 14.6 Å². The van der Waals surface area contributed by atoms with Crippen molar-refractivity contribution in [1.82, 2.24) is 0 Å². The van der Waals surface area contributed by atoms with Crippen LogP contribution < -0.4 is 0 Å². The van der Waals surface area contributed by atoms with Crippen molar-refractivity contribution in [1.29, 1.82) is 0 Å². The van der Waals surface area contributed by atoms with Gasteiger partial charge in [0, 0.05) is 18.9 Å². The van der Waals surface area contributed by atoms with Crippen LogP contribution >= 0.6 is 0 Å². The van der Waals surface area contributed by atoms with Gasteiger partial charge in [0.25, 0.3) is 0 Å². The Labute approximate surface area is 249 Å². The van der Waals surface area contributed by atoms with Crippen LogP contribution in [0.25, 0.3) is 0 Å². The van der Waals surface area contributed by atoms with Crippen molar-refractivity contribution in [2.75, 3.05) is 13.2 Å². The van der Waals surface area contributed by atoms with Crippen molar-refractivity contribution >= 4 is 11.9 Å². The molecule has 0 aliphatic heterocycles. The van der Waals surface area contributed by atoms with E-state index in [0.717, 1.165) is 57.8 Å². The largest absolute Gasteiger partial charge is 0.465 e. The first kappa shape index (κ1) is 31.1. The van der Waals surface area contributed by atoms with Gasteiger partial charge in [-0.2, -0.15) is 0 Å². The highest BCUT2D eigenvalue weighted by Gasteiger charge is 2.69. The summed E-state index contributed by atoms with van der Waals surface area (Å²) in [6, 6.07) is 0. The number of aliphatic hydroxyl groups is 1. The number of rotatable bonds is 6. The number of fused-ring (bicyclic) bond motifs is 7. The lowest BCUT2D eigenvalue weighted by atomic mass is 9.33. The molecular weight excluding hydrogens is 512 g/mol. The third-order valence-electron chi connectivity index (χ3n) is 14.1. The minimum atomic E-state index is -0.408. The second-order valence-electron chi connectivity index (χ2n) is 16.9. The maximum atomic E-state index is 13.9. The van der Waals surface area contributed by atoms with Crippen LogP contribution in [0, 0.1) is 50.2 Å². The first-order valence-corrected chi connectivity index (χ1v) is 16.7. The molecule has 5 heteroatoms. The zero-order valence-corrected chi connectivity index (χ0v) is 27.4. The predicted molar refractivity (Wildman–Crippen MR) is 162 cm³/mol. The highest BCUT2D eigenvalue weighted by molar-refractivity contribution is 5.78. The Morgan fingerprint density at radius 1 is 0.902 bits per heavy atom. The molecule has 0 unspecified atom stereocenters. The van der Waals surface area contributed by atoms with Gasteiger partial charge in [-0.15, -0.1) is 0 Å². The summed E-state index contributed by atoms with van der Waals surface area (Å²) >= 11 is 0. The molecule has 0 heterocycles. The number of hydrogen-bond donors (Lipinski definition) is 1. The lowest BCUT2D eigenvalue weighted by Crippen LogP contribution is -2.65. The number of ether oxygens (including phenoxy) is 2. The lowest BCUT2D eigenvalue weighted by Gasteiger charge is -2.71. The number of carbonyl (C=O) groups is 2. The molecule has 232 valence electrons. The number of allylic oxidation sites excluding steroid dienone is 2. The zero-order chi connectivity index (χ0) is 30.1. The summed E-state index contributed by atoms with van der Waals surface area (Å²) in [5, 5.41) is 9.20. The molecule has 5 nitrogen and oxygen atoms in total. The fraction of sp³-hybridized carbons (Fsp3) is 0.889. The van der Waals surface area contributed by atoms with Gasteiger partial charge in [0.15, 0.2) is 0 Å². The molecule has 8 atom stereocenters. The summed E-state index contributed by atoms with van der Waals surface area (Å²) < 4.78 is 11.9.